The predicted octanol–water partition coefficient (Wildman–Crippen LogP) is 5.17. The number of hydrogen-bond acceptors (Lipinski definition) is 2. The summed E-state index contributed by atoms with van der Waals surface area (Å²) in [5.41, 5.74) is 1.04. The van der Waals surface area contributed by atoms with Crippen LogP contribution in [0.25, 0.3) is 6.08 Å². The second-order valence-corrected chi connectivity index (χ2v) is 5.63. The number of halogens is 3. The van der Waals surface area contributed by atoms with Gasteiger partial charge >= 0.3 is 5.97 Å². The number of aryl methyl sites for hydroxylation is 1. The topological polar surface area (TPSA) is 26.3 Å². The minimum absolute atomic E-state index is 0.294. The highest BCUT2D eigenvalue weighted by Gasteiger charge is 2.10. The summed E-state index contributed by atoms with van der Waals surface area (Å²) in [4.78, 5) is 11.8. The van der Waals surface area contributed by atoms with Gasteiger partial charge in [0.25, 0.3) is 0 Å². The maximum Gasteiger partial charge on any atom is 0.336 e. The lowest BCUT2D eigenvalue weighted by atomic mass is 10.2. The molecule has 0 saturated carbocycles. The highest BCUT2D eigenvalue weighted by Crippen LogP contribution is 2.32. The fraction of sp³-hybridized carbons (Fsp3) is 0.0625. The molecule has 0 aliphatic carbocycles. The van der Waals surface area contributed by atoms with Crippen LogP contribution in [0.3, 0.4) is 0 Å². The van der Waals surface area contributed by atoms with E-state index >= 15 is 0 Å². The molecule has 0 amide bonds. The van der Waals surface area contributed by atoms with E-state index in [1.165, 1.54) is 12.1 Å². The van der Waals surface area contributed by atoms with Crippen LogP contribution < -0.4 is 4.74 Å². The third kappa shape index (κ3) is 4.16. The van der Waals surface area contributed by atoms with Gasteiger partial charge in [-0.3, -0.25) is 0 Å². The Bertz CT molecular complexity index is 690. The van der Waals surface area contributed by atoms with Crippen molar-refractivity contribution in [3.05, 3.63) is 68.9 Å². The molecule has 2 aromatic rings. The number of carbonyl (C=O) groups excluding carboxylic acids is 1. The standard InChI is InChI=1S/C16H11BrClFO2/c1-10-8-12(17)9-13(18)16(10)21-15(20)7-6-11-4-2-3-5-14(11)19/h2-9H,1H3/b7-6+. The Morgan fingerprint density at radius 3 is 2.71 bits per heavy atom. The molecular formula is C16H11BrClFO2. The zero-order valence-electron chi connectivity index (χ0n) is 11.1. The Morgan fingerprint density at radius 1 is 1.33 bits per heavy atom. The number of hydrogen-bond donors (Lipinski definition) is 0. The molecule has 0 atom stereocenters. The molecule has 0 unspecified atom stereocenters. The van der Waals surface area contributed by atoms with Crippen molar-refractivity contribution in [2.24, 2.45) is 0 Å². The highest BCUT2D eigenvalue weighted by atomic mass is 79.9. The first-order valence-corrected chi connectivity index (χ1v) is 7.24. The molecule has 0 heterocycles. The maximum atomic E-state index is 13.4. The average Bonchev–Trinajstić information content (AvgIpc) is 2.42. The summed E-state index contributed by atoms with van der Waals surface area (Å²) >= 11 is 9.33. The summed E-state index contributed by atoms with van der Waals surface area (Å²) in [6, 6.07) is 9.57. The van der Waals surface area contributed by atoms with Gasteiger partial charge in [0.1, 0.15) is 5.82 Å². The number of benzene rings is 2. The Labute approximate surface area is 135 Å². The van der Waals surface area contributed by atoms with E-state index in [0.717, 1.165) is 16.1 Å². The average molecular weight is 370 g/mol. The van der Waals surface area contributed by atoms with Crippen LogP contribution in [0, 0.1) is 12.7 Å². The van der Waals surface area contributed by atoms with Gasteiger partial charge < -0.3 is 4.74 Å². The molecule has 0 fully saturated rings. The van der Waals surface area contributed by atoms with E-state index in [1.807, 2.05) is 0 Å². The maximum absolute atomic E-state index is 13.4. The van der Waals surface area contributed by atoms with Crippen molar-refractivity contribution < 1.29 is 13.9 Å². The summed E-state index contributed by atoms with van der Waals surface area (Å²) in [5, 5.41) is 0.328. The highest BCUT2D eigenvalue weighted by molar-refractivity contribution is 9.10. The van der Waals surface area contributed by atoms with E-state index in [-0.39, 0.29) is 0 Å². The minimum atomic E-state index is -0.620. The molecule has 0 saturated heterocycles. The summed E-state index contributed by atoms with van der Waals surface area (Å²) < 4.78 is 19.4. The first kappa shape index (κ1) is 15.7. The van der Waals surface area contributed by atoms with Gasteiger partial charge in [-0.2, -0.15) is 0 Å². The van der Waals surface area contributed by atoms with Crippen LogP contribution in [0.15, 0.2) is 46.9 Å². The number of esters is 1. The van der Waals surface area contributed by atoms with E-state index in [2.05, 4.69) is 15.9 Å². The molecule has 0 spiro atoms. The van der Waals surface area contributed by atoms with Crippen molar-refractivity contribution in [1.82, 2.24) is 0 Å². The van der Waals surface area contributed by atoms with Crippen LogP contribution in [-0.2, 0) is 4.79 Å². The molecule has 108 valence electrons. The number of ether oxygens (including phenoxy) is 1. The van der Waals surface area contributed by atoms with E-state index in [9.17, 15) is 9.18 Å². The lowest BCUT2D eigenvalue weighted by molar-refractivity contribution is -0.128. The van der Waals surface area contributed by atoms with Gasteiger partial charge in [0.2, 0.25) is 0 Å². The second-order valence-electron chi connectivity index (χ2n) is 4.31. The number of carbonyl (C=O) groups is 1. The summed E-state index contributed by atoms with van der Waals surface area (Å²) in [6.45, 7) is 1.78. The lowest BCUT2D eigenvalue weighted by Gasteiger charge is -2.08. The SMILES string of the molecule is Cc1cc(Br)cc(Cl)c1OC(=O)/C=C/c1ccccc1F. The molecule has 21 heavy (non-hydrogen) atoms. The quantitative estimate of drug-likeness (QED) is 0.424. The molecule has 0 aliphatic heterocycles. The van der Waals surface area contributed by atoms with Crippen LogP contribution >= 0.6 is 27.5 Å². The fourth-order valence-electron chi connectivity index (χ4n) is 1.72. The number of rotatable bonds is 3. The zero-order valence-corrected chi connectivity index (χ0v) is 13.4. The molecule has 5 heteroatoms. The Morgan fingerprint density at radius 2 is 2.05 bits per heavy atom. The predicted molar refractivity (Wildman–Crippen MR) is 85.0 cm³/mol. The largest absolute Gasteiger partial charge is 0.421 e. The van der Waals surface area contributed by atoms with Gasteiger partial charge in [-0.15, -0.1) is 0 Å². The molecule has 0 aliphatic rings. The molecule has 2 aromatic carbocycles. The lowest BCUT2D eigenvalue weighted by Crippen LogP contribution is -2.05. The summed E-state index contributed by atoms with van der Waals surface area (Å²) in [6.07, 6.45) is 2.52. The second kappa shape index (κ2) is 6.87. The van der Waals surface area contributed by atoms with Gasteiger partial charge in [-0.25, -0.2) is 9.18 Å². The van der Waals surface area contributed by atoms with Gasteiger partial charge in [-0.05, 0) is 36.8 Å². The molecule has 0 radical (unpaired) electrons. The van der Waals surface area contributed by atoms with E-state index in [1.54, 1.807) is 37.3 Å². The molecule has 0 bridgehead atoms. The van der Waals surface area contributed by atoms with E-state index in [4.69, 9.17) is 16.3 Å². The van der Waals surface area contributed by atoms with Gasteiger partial charge in [0.15, 0.2) is 5.75 Å². The minimum Gasteiger partial charge on any atom is -0.421 e. The Kier molecular flexibility index (Phi) is 5.15. The molecule has 2 nitrogen and oxygen atoms in total. The first-order valence-electron chi connectivity index (χ1n) is 6.07. The fourth-order valence-corrected chi connectivity index (χ4v) is 2.73. The van der Waals surface area contributed by atoms with Crippen LogP contribution in [0.1, 0.15) is 11.1 Å². The smallest absolute Gasteiger partial charge is 0.336 e. The van der Waals surface area contributed by atoms with Crippen molar-refractivity contribution >= 4 is 39.6 Å². The van der Waals surface area contributed by atoms with Crippen LogP contribution in [0.5, 0.6) is 5.75 Å². The van der Waals surface area contributed by atoms with Crippen molar-refractivity contribution in [2.45, 2.75) is 6.92 Å². The van der Waals surface area contributed by atoms with Crippen LogP contribution in [0.4, 0.5) is 4.39 Å². The third-order valence-electron chi connectivity index (χ3n) is 2.70. The monoisotopic (exact) mass is 368 g/mol. The van der Waals surface area contributed by atoms with Gasteiger partial charge in [0, 0.05) is 16.1 Å². The Hall–Kier alpha value is -1.65. The third-order valence-corrected chi connectivity index (χ3v) is 3.44. The van der Waals surface area contributed by atoms with Crippen molar-refractivity contribution in [2.75, 3.05) is 0 Å². The van der Waals surface area contributed by atoms with Gasteiger partial charge in [-0.1, -0.05) is 45.7 Å². The van der Waals surface area contributed by atoms with Crippen LogP contribution in [0.2, 0.25) is 5.02 Å². The van der Waals surface area contributed by atoms with Gasteiger partial charge in [0.05, 0.1) is 5.02 Å². The van der Waals surface area contributed by atoms with Crippen molar-refractivity contribution in [3.8, 4) is 5.75 Å². The molecule has 2 rings (SSSR count). The molecule has 0 N–H and O–H groups in total. The normalized spacial score (nSPS) is 10.9. The van der Waals surface area contributed by atoms with Crippen LogP contribution in [-0.4, -0.2) is 5.97 Å². The van der Waals surface area contributed by atoms with E-state index in [0.29, 0.717) is 16.3 Å². The summed E-state index contributed by atoms with van der Waals surface area (Å²) in [7, 11) is 0. The first-order chi connectivity index (χ1) is 9.97. The Balaban J connectivity index is 2.15. The van der Waals surface area contributed by atoms with Crippen molar-refractivity contribution in [1.29, 1.82) is 0 Å². The van der Waals surface area contributed by atoms with E-state index < -0.39 is 11.8 Å². The van der Waals surface area contributed by atoms with Crippen molar-refractivity contribution in [3.63, 3.8) is 0 Å². The molecule has 0 aromatic heterocycles. The summed E-state index contributed by atoms with van der Waals surface area (Å²) in [5.74, 6) is -0.729. The molecular weight excluding hydrogens is 359 g/mol. The zero-order chi connectivity index (χ0) is 15.4.